The second-order valence-corrected chi connectivity index (χ2v) is 7.52. The number of carbonyl (C=O) groups excluding carboxylic acids is 2. The predicted octanol–water partition coefficient (Wildman–Crippen LogP) is 1.68. The first-order chi connectivity index (χ1) is 11.0. The molecule has 0 atom stereocenters. The summed E-state index contributed by atoms with van der Waals surface area (Å²) in [6.45, 7) is -0.354. The molecule has 0 saturated carbocycles. The van der Waals surface area contributed by atoms with Gasteiger partial charge in [0.2, 0.25) is 0 Å². The number of hydrogen-bond donors (Lipinski definition) is 0. The highest BCUT2D eigenvalue weighted by atomic mass is 32.2. The van der Waals surface area contributed by atoms with E-state index in [1.165, 1.54) is 23.5 Å². The summed E-state index contributed by atoms with van der Waals surface area (Å²) in [6.07, 6.45) is 0.129. The molecule has 0 fully saturated rings. The molecule has 120 valence electrons. The van der Waals surface area contributed by atoms with Gasteiger partial charge in [-0.05, 0) is 34.5 Å². The van der Waals surface area contributed by atoms with E-state index in [1.807, 2.05) is 16.8 Å². The number of ether oxygens (including phenoxy) is 1. The molecule has 6 nitrogen and oxygen atoms in total. The number of fused-ring (bicyclic) bond motifs is 1. The molecule has 3 rings (SSSR count). The summed E-state index contributed by atoms with van der Waals surface area (Å²) in [6, 6.07) is 7.85. The third-order valence-corrected chi connectivity index (χ3v) is 5.97. The van der Waals surface area contributed by atoms with Crippen LogP contribution in [0.5, 0.6) is 0 Å². The van der Waals surface area contributed by atoms with Crippen molar-refractivity contribution in [3.05, 3.63) is 52.2 Å². The van der Waals surface area contributed by atoms with Crippen LogP contribution in [0.15, 0.2) is 46.0 Å². The summed E-state index contributed by atoms with van der Waals surface area (Å²) in [5.41, 5.74) is 0.995. The van der Waals surface area contributed by atoms with Gasteiger partial charge >= 0.3 is 5.97 Å². The van der Waals surface area contributed by atoms with Crippen molar-refractivity contribution in [2.75, 3.05) is 13.2 Å². The Balaban J connectivity index is 1.61. The molecule has 23 heavy (non-hydrogen) atoms. The fourth-order valence-electron chi connectivity index (χ4n) is 2.31. The van der Waals surface area contributed by atoms with Gasteiger partial charge in [-0.15, -0.1) is 0 Å². The van der Waals surface area contributed by atoms with E-state index in [9.17, 15) is 18.0 Å². The number of benzene rings is 1. The van der Waals surface area contributed by atoms with E-state index in [-0.39, 0.29) is 30.0 Å². The minimum Gasteiger partial charge on any atom is -0.463 e. The number of nitrogens with zero attached hydrogens (tertiary/aromatic N) is 1. The highest BCUT2D eigenvalue weighted by Gasteiger charge is 2.40. The summed E-state index contributed by atoms with van der Waals surface area (Å²) in [5.74, 6) is -1.04. The fourth-order valence-corrected chi connectivity index (χ4v) is 4.53. The maximum Gasteiger partial charge on any atom is 0.310 e. The molecule has 0 N–H and O–H groups in total. The summed E-state index contributed by atoms with van der Waals surface area (Å²) >= 11 is 1.48. The van der Waals surface area contributed by atoms with Gasteiger partial charge in [-0.3, -0.25) is 9.59 Å². The highest BCUT2D eigenvalue weighted by molar-refractivity contribution is 7.90. The van der Waals surface area contributed by atoms with Crippen molar-refractivity contribution in [2.45, 2.75) is 11.3 Å². The molecule has 8 heteroatoms. The van der Waals surface area contributed by atoms with Crippen LogP contribution in [-0.2, 0) is 26.0 Å². The number of carbonyl (C=O) groups is 2. The van der Waals surface area contributed by atoms with Crippen molar-refractivity contribution >= 4 is 33.2 Å². The molecule has 0 spiro atoms. The van der Waals surface area contributed by atoms with E-state index >= 15 is 0 Å². The van der Waals surface area contributed by atoms with Crippen LogP contribution in [0.1, 0.15) is 15.9 Å². The molecule has 0 unspecified atom stereocenters. The Bertz CT molecular complexity index is 843. The smallest absolute Gasteiger partial charge is 0.310 e. The average Bonchev–Trinajstić information content (AvgIpc) is 3.09. The first kappa shape index (κ1) is 15.7. The Morgan fingerprint density at radius 1 is 1.22 bits per heavy atom. The Labute approximate surface area is 137 Å². The van der Waals surface area contributed by atoms with Crippen molar-refractivity contribution in [3.8, 4) is 0 Å². The second-order valence-electron chi connectivity index (χ2n) is 4.91. The zero-order valence-electron chi connectivity index (χ0n) is 12.0. The van der Waals surface area contributed by atoms with Gasteiger partial charge in [0.05, 0.1) is 18.5 Å². The topological polar surface area (TPSA) is 80.8 Å². The molecule has 1 aromatic heterocycles. The molecule has 1 amide bonds. The van der Waals surface area contributed by atoms with Crippen molar-refractivity contribution in [1.29, 1.82) is 0 Å². The molecular formula is C15H13NO5S2. The quantitative estimate of drug-likeness (QED) is 0.766. The Kier molecular flexibility index (Phi) is 4.18. The van der Waals surface area contributed by atoms with E-state index in [0.29, 0.717) is 0 Å². The number of hydrogen-bond acceptors (Lipinski definition) is 6. The average molecular weight is 351 g/mol. The summed E-state index contributed by atoms with van der Waals surface area (Å²) in [4.78, 5) is 23.8. The van der Waals surface area contributed by atoms with Gasteiger partial charge in [0.15, 0.2) is 0 Å². The van der Waals surface area contributed by atoms with Crippen molar-refractivity contribution in [3.63, 3.8) is 0 Å². The van der Waals surface area contributed by atoms with Crippen molar-refractivity contribution in [2.24, 2.45) is 0 Å². The van der Waals surface area contributed by atoms with Crippen LogP contribution in [0.2, 0.25) is 0 Å². The predicted molar refractivity (Wildman–Crippen MR) is 83.6 cm³/mol. The third-order valence-electron chi connectivity index (χ3n) is 3.40. The van der Waals surface area contributed by atoms with Gasteiger partial charge in [-0.1, -0.05) is 12.1 Å². The first-order valence-electron chi connectivity index (χ1n) is 6.83. The minimum atomic E-state index is -3.85. The van der Waals surface area contributed by atoms with Gasteiger partial charge in [-0.2, -0.15) is 11.3 Å². The lowest BCUT2D eigenvalue weighted by atomic mass is 10.2. The largest absolute Gasteiger partial charge is 0.463 e. The van der Waals surface area contributed by atoms with Crippen molar-refractivity contribution in [1.82, 2.24) is 4.31 Å². The SMILES string of the molecule is O=C(Cc1ccsc1)OCCN1C(=O)c2ccccc2S1(=O)=O. The van der Waals surface area contributed by atoms with Crippen LogP contribution in [0.25, 0.3) is 0 Å². The van der Waals surface area contributed by atoms with Gasteiger partial charge in [0.25, 0.3) is 15.9 Å². The minimum absolute atomic E-state index is 0.00500. The molecule has 2 aromatic rings. The number of sulfonamides is 1. The second kappa shape index (κ2) is 6.13. The van der Waals surface area contributed by atoms with Gasteiger partial charge < -0.3 is 4.74 Å². The molecule has 0 aliphatic carbocycles. The fraction of sp³-hybridized carbons (Fsp3) is 0.200. The Hall–Kier alpha value is -2.19. The summed E-state index contributed by atoms with van der Waals surface area (Å²) in [7, 11) is -3.85. The molecule has 1 aromatic carbocycles. The Morgan fingerprint density at radius 2 is 2.00 bits per heavy atom. The van der Waals surface area contributed by atoms with E-state index in [1.54, 1.807) is 12.1 Å². The van der Waals surface area contributed by atoms with E-state index in [2.05, 4.69) is 0 Å². The van der Waals surface area contributed by atoms with Crippen LogP contribution in [0.4, 0.5) is 0 Å². The third kappa shape index (κ3) is 2.99. The van der Waals surface area contributed by atoms with Crippen LogP contribution >= 0.6 is 11.3 Å². The van der Waals surface area contributed by atoms with Crippen LogP contribution in [0, 0.1) is 0 Å². The van der Waals surface area contributed by atoms with E-state index in [0.717, 1.165) is 9.87 Å². The van der Waals surface area contributed by atoms with E-state index < -0.39 is 21.9 Å². The molecule has 1 aliphatic rings. The lowest BCUT2D eigenvalue weighted by molar-refractivity contribution is -0.142. The zero-order valence-corrected chi connectivity index (χ0v) is 13.6. The monoisotopic (exact) mass is 351 g/mol. The molecular weight excluding hydrogens is 338 g/mol. The molecule has 0 saturated heterocycles. The molecule has 1 aliphatic heterocycles. The summed E-state index contributed by atoms with van der Waals surface area (Å²) < 4.78 is 30.4. The maximum absolute atomic E-state index is 12.3. The maximum atomic E-state index is 12.3. The number of amides is 1. The molecule has 0 radical (unpaired) electrons. The Morgan fingerprint density at radius 3 is 2.70 bits per heavy atom. The van der Waals surface area contributed by atoms with Crippen molar-refractivity contribution < 1.29 is 22.7 Å². The molecule has 2 heterocycles. The molecule has 0 bridgehead atoms. The highest BCUT2D eigenvalue weighted by Crippen LogP contribution is 2.29. The lowest BCUT2D eigenvalue weighted by Gasteiger charge is -2.14. The zero-order chi connectivity index (χ0) is 16.4. The lowest BCUT2D eigenvalue weighted by Crippen LogP contribution is -2.33. The first-order valence-corrected chi connectivity index (χ1v) is 9.21. The van der Waals surface area contributed by atoms with Crippen LogP contribution < -0.4 is 0 Å². The van der Waals surface area contributed by atoms with Gasteiger partial charge in [0.1, 0.15) is 11.5 Å². The van der Waals surface area contributed by atoms with E-state index in [4.69, 9.17) is 4.74 Å². The summed E-state index contributed by atoms with van der Waals surface area (Å²) in [5, 5.41) is 3.70. The van der Waals surface area contributed by atoms with Crippen LogP contribution in [0.3, 0.4) is 0 Å². The normalized spacial score (nSPS) is 15.5. The van der Waals surface area contributed by atoms with Gasteiger partial charge in [0, 0.05) is 0 Å². The van der Waals surface area contributed by atoms with Crippen LogP contribution in [-0.4, -0.2) is 37.8 Å². The number of esters is 1. The standard InChI is InChI=1S/C15H13NO5S2/c17-14(9-11-5-8-22-10-11)21-7-6-16-15(18)12-3-1-2-4-13(12)23(16,19)20/h1-5,8,10H,6-7,9H2. The number of rotatable bonds is 5. The van der Waals surface area contributed by atoms with Gasteiger partial charge in [-0.25, -0.2) is 12.7 Å². The number of thiophene rings is 1.